The molecule has 1 saturated carbocycles. The number of carbonyl (C=O) groups is 1. The number of nitrogens with zero attached hydrogens (tertiary/aromatic N) is 3. The standard InChI is InChI=1S/C16H20N4O3S2/c1-19-8-15(17-10-19)13-6-20(25(22,23)12-4-5-24-9-12)7-14(13)16(21)18-11-2-3-11/h4-5,8-11,13-14H,2-3,6-7H2,1H3,(H,18,21)/t13-,14-/m1/s1. The number of rotatable bonds is 5. The first kappa shape index (κ1) is 16.7. The molecular formula is C16H20N4O3S2. The van der Waals surface area contributed by atoms with Crippen molar-refractivity contribution in [3.05, 3.63) is 35.0 Å². The van der Waals surface area contributed by atoms with Gasteiger partial charge in [-0.05, 0) is 24.3 Å². The molecule has 1 aliphatic heterocycles. The third kappa shape index (κ3) is 3.23. The quantitative estimate of drug-likeness (QED) is 0.844. The summed E-state index contributed by atoms with van der Waals surface area (Å²) in [5, 5.41) is 6.39. The summed E-state index contributed by atoms with van der Waals surface area (Å²) < 4.78 is 29.0. The monoisotopic (exact) mass is 380 g/mol. The van der Waals surface area contributed by atoms with Gasteiger partial charge in [-0.3, -0.25) is 4.79 Å². The first-order chi connectivity index (χ1) is 11.9. The van der Waals surface area contributed by atoms with E-state index in [1.54, 1.807) is 23.2 Å². The first-order valence-corrected chi connectivity index (χ1v) is 10.6. The molecule has 2 fully saturated rings. The Balaban J connectivity index is 1.62. The van der Waals surface area contributed by atoms with Gasteiger partial charge in [0.25, 0.3) is 0 Å². The molecule has 0 radical (unpaired) electrons. The Morgan fingerprint density at radius 1 is 1.36 bits per heavy atom. The van der Waals surface area contributed by atoms with Crippen molar-refractivity contribution in [2.24, 2.45) is 13.0 Å². The SMILES string of the molecule is Cn1cnc([C@@H]2CN(S(=O)(=O)c3ccsc3)C[C@H]2C(=O)NC2CC2)c1. The molecule has 25 heavy (non-hydrogen) atoms. The van der Waals surface area contributed by atoms with Crippen LogP contribution in [0.3, 0.4) is 0 Å². The molecule has 1 amide bonds. The molecule has 9 heteroatoms. The molecule has 0 aromatic carbocycles. The van der Waals surface area contributed by atoms with Gasteiger partial charge in [-0.2, -0.15) is 15.6 Å². The van der Waals surface area contributed by atoms with Gasteiger partial charge >= 0.3 is 0 Å². The largest absolute Gasteiger partial charge is 0.353 e. The van der Waals surface area contributed by atoms with Crippen LogP contribution in [0, 0.1) is 5.92 Å². The van der Waals surface area contributed by atoms with Crippen LogP contribution >= 0.6 is 11.3 Å². The molecule has 1 N–H and O–H groups in total. The summed E-state index contributed by atoms with van der Waals surface area (Å²) in [6.45, 7) is 0.468. The average molecular weight is 380 g/mol. The van der Waals surface area contributed by atoms with E-state index in [0.29, 0.717) is 4.90 Å². The maximum atomic E-state index is 12.9. The molecule has 2 aromatic rings. The summed E-state index contributed by atoms with van der Waals surface area (Å²) in [4.78, 5) is 17.3. The van der Waals surface area contributed by atoms with E-state index in [1.165, 1.54) is 15.6 Å². The average Bonchev–Trinajstić information content (AvgIpc) is 3.04. The number of nitrogens with one attached hydrogen (secondary N) is 1. The third-order valence-corrected chi connectivity index (χ3v) is 7.44. The normalized spacial score (nSPS) is 24.5. The first-order valence-electron chi connectivity index (χ1n) is 8.26. The molecule has 2 aliphatic rings. The van der Waals surface area contributed by atoms with Gasteiger partial charge < -0.3 is 9.88 Å². The van der Waals surface area contributed by atoms with Crippen LogP contribution < -0.4 is 5.32 Å². The second-order valence-electron chi connectivity index (χ2n) is 6.74. The zero-order valence-electron chi connectivity index (χ0n) is 13.8. The van der Waals surface area contributed by atoms with Gasteiger partial charge in [-0.15, -0.1) is 0 Å². The predicted molar refractivity (Wildman–Crippen MR) is 93.7 cm³/mol. The number of hydrogen-bond acceptors (Lipinski definition) is 5. The van der Waals surface area contributed by atoms with E-state index in [9.17, 15) is 13.2 Å². The summed E-state index contributed by atoms with van der Waals surface area (Å²) in [5.74, 6) is -0.710. The smallest absolute Gasteiger partial charge is 0.243 e. The summed E-state index contributed by atoms with van der Waals surface area (Å²) in [6, 6.07) is 1.85. The Labute approximate surface area is 150 Å². The fourth-order valence-corrected chi connectivity index (χ4v) is 5.75. The highest BCUT2D eigenvalue weighted by Gasteiger charge is 2.45. The van der Waals surface area contributed by atoms with Crippen molar-refractivity contribution in [2.45, 2.75) is 29.7 Å². The van der Waals surface area contributed by atoms with E-state index in [0.717, 1.165) is 18.5 Å². The fraction of sp³-hybridized carbons (Fsp3) is 0.500. The lowest BCUT2D eigenvalue weighted by Gasteiger charge is -2.16. The molecular weight excluding hydrogens is 360 g/mol. The van der Waals surface area contributed by atoms with Crippen molar-refractivity contribution in [3.8, 4) is 0 Å². The molecule has 3 heterocycles. The summed E-state index contributed by atoms with van der Waals surface area (Å²) >= 11 is 1.35. The predicted octanol–water partition coefficient (Wildman–Crippen LogP) is 1.16. The highest BCUT2D eigenvalue weighted by atomic mass is 32.2. The van der Waals surface area contributed by atoms with Crippen molar-refractivity contribution < 1.29 is 13.2 Å². The second kappa shape index (κ2) is 6.22. The maximum absolute atomic E-state index is 12.9. The maximum Gasteiger partial charge on any atom is 0.243 e. The number of aromatic nitrogens is 2. The Bertz CT molecular complexity index is 871. The molecule has 0 bridgehead atoms. The molecule has 0 spiro atoms. The fourth-order valence-electron chi connectivity index (χ4n) is 3.24. The Hall–Kier alpha value is -1.71. The van der Waals surface area contributed by atoms with E-state index >= 15 is 0 Å². The third-order valence-electron chi connectivity index (χ3n) is 4.78. The van der Waals surface area contributed by atoms with Crippen LogP contribution in [0.15, 0.2) is 34.2 Å². The zero-order chi connectivity index (χ0) is 17.6. The number of sulfonamides is 1. The van der Waals surface area contributed by atoms with Gasteiger partial charge in [0.1, 0.15) is 0 Å². The molecule has 134 valence electrons. The summed E-state index contributed by atoms with van der Waals surface area (Å²) in [6.07, 6.45) is 5.55. The lowest BCUT2D eigenvalue weighted by Crippen LogP contribution is -2.36. The highest BCUT2D eigenvalue weighted by molar-refractivity contribution is 7.89. The number of aryl methyl sites for hydroxylation is 1. The second-order valence-corrected chi connectivity index (χ2v) is 9.46. The number of hydrogen-bond donors (Lipinski definition) is 1. The van der Waals surface area contributed by atoms with Crippen molar-refractivity contribution in [3.63, 3.8) is 0 Å². The van der Waals surface area contributed by atoms with E-state index in [-0.39, 0.29) is 31.0 Å². The minimum absolute atomic E-state index is 0.0684. The topological polar surface area (TPSA) is 84.3 Å². The number of thiophene rings is 1. The van der Waals surface area contributed by atoms with Gasteiger partial charge in [0, 0.05) is 43.7 Å². The molecule has 0 unspecified atom stereocenters. The summed E-state index contributed by atoms with van der Waals surface area (Å²) in [5.41, 5.74) is 0.765. The molecule has 4 rings (SSSR count). The minimum Gasteiger partial charge on any atom is -0.353 e. The lowest BCUT2D eigenvalue weighted by molar-refractivity contribution is -0.125. The van der Waals surface area contributed by atoms with E-state index in [1.807, 2.05) is 17.8 Å². The van der Waals surface area contributed by atoms with Crippen LogP contribution in [-0.4, -0.2) is 47.3 Å². The lowest BCUT2D eigenvalue weighted by atomic mass is 9.92. The van der Waals surface area contributed by atoms with Crippen LogP contribution in [-0.2, 0) is 21.9 Å². The Morgan fingerprint density at radius 2 is 2.16 bits per heavy atom. The zero-order valence-corrected chi connectivity index (χ0v) is 15.5. The van der Waals surface area contributed by atoms with Crippen molar-refractivity contribution >= 4 is 27.3 Å². The van der Waals surface area contributed by atoms with Gasteiger partial charge in [-0.25, -0.2) is 13.4 Å². The Morgan fingerprint density at radius 3 is 2.76 bits per heavy atom. The molecule has 1 saturated heterocycles. The van der Waals surface area contributed by atoms with Crippen LogP contribution in [0.5, 0.6) is 0 Å². The van der Waals surface area contributed by atoms with E-state index in [2.05, 4.69) is 10.3 Å². The number of carbonyl (C=O) groups excluding carboxylic acids is 1. The van der Waals surface area contributed by atoms with E-state index < -0.39 is 15.9 Å². The van der Waals surface area contributed by atoms with Crippen LogP contribution in [0.4, 0.5) is 0 Å². The molecule has 2 atom stereocenters. The van der Waals surface area contributed by atoms with Gasteiger partial charge in [-0.1, -0.05) is 0 Å². The van der Waals surface area contributed by atoms with Crippen LogP contribution in [0.2, 0.25) is 0 Å². The molecule has 1 aliphatic carbocycles. The molecule has 7 nitrogen and oxygen atoms in total. The highest BCUT2D eigenvalue weighted by Crippen LogP contribution is 2.36. The number of amides is 1. The summed E-state index contributed by atoms with van der Waals surface area (Å²) in [7, 11) is -1.71. The van der Waals surface area contributed by atoms with Crippen LogP contribution in [0.1, 0.15) is 24.5 Å². The van der Waals surface area contributed by atoms with Crippen LogP contribution in [0.25, 0.3) is 0 Å². The minimum atomic E-state index is -3.58. The van der Waals surface area contributed by atoms with Crippen molar-refractivity contribution in [1.29, 1.82) is 0 Å². The van der Waals surface area contributed by atoms with Crippen molar-refractivity contribution in [1.82, 2.24) is 19.2 Å². The van der Waals surface area contributed by atoms with Gasteiger partial charge in [0.05, 0.1) is 22.8 Å². The van der Waals surface area contributed by atoms with E-state index in [4.69, 9.17) is 0 Å². The Kier molecular flexibility index (Phi) is 4.17. The number of imidazole rings is 1. The molecule has 2 aromatic heterocycles. The van der Waals surface area contributed by atoms with Crippen molar-refractivity contribution in [2.75, 3.05) is 13.1 Å². The van der Waals surface area contributed by atoms with Gasteiger partial charge in [0.2, 0.25) is 15.9 Å². The van der Waals surface area contributed by atoms with Gasteiger partial charge in [0.15, 0.2) is 0 Å².